The number of aromatic nitrogens is 2. The number of nitrogen functional groups attached to an aromatic ring is 1. The molecule has 0 bridgehead atoms. The predicted octanol–water partition coefficient (Wildman–Crippen LogP) is 3.84. The molecule has 1 aromatic carbocycles. The second-order valence-electron chi connectivity index (χ2n) is 8.30. The summed E-state index contributed by atoms with van der Waals surface area (Å²) in [7, 11) is 0. The van der Waals surface area contributed by atoms with Crippen LogP contribution in [0.4, 0.5) is 11.5 Å². The summed E-state index contributed by atoms with van der Waals surface area (Å²) in [5.74, 6) is 2.69. The Hall–Kier alpha value is -1.83. The third kappa shape index (κ3) is 4.58. The van der Waals surface area contributed by atoms with Gasteiger partial charge in [0.25, 0.3) is 0 Å². The summed E-state index contributed by atoms with van der Waals surface area (Å²) in [5.41, 5.74) is 8.75. The Morgan fingerprint density at radius 2 is 2.00 bits per heavy atom. The molecular formula is C23H32N4O2S. The molecule has 2 aromatic rings. The molecule has 1 aliphatic carbocycles. The number of morpholine rings is 1. The molecule has 1 saturated heterocycles. The molecule has 4 rings (SSSR count). The fourth-order valence-corrected chi connectivity index (χ4v) is 5.89. The van der Waals surface area contributed by atoms with Gasteiger partial charge in [-0.15, -0.1) is 11.8 Å². The highest BCUT2D eigenvalue weighted by Crippen LogP contribution is 2.50. The number of nitrogens with two attached hydrogens (primary N) is 1. The average molecular weight is 429 g/mol. The highest BCUT2D eigenvalue weighted by Gasteiger charge is 2.38. The fourth-order valence-electron chi connectivity index (χ4n) is 4.40. The molecule has 162 valence electrons. The van der Waals surface area contributed by atoms with Gasteiger partial charge in [0.2, 0.25) is 0 Å². The number of benzene rings is 1. The average Bonchev–Trinajstić information content (AvgIpc) is 3.25. The maximum absolute atomic E-state index is 9.29. The van der Waals surface area contributed by atoms with E-state index in [2.05, 4.69) is 17.9 Å². The molecule has 6 nitrogen and oxygen atoms in total. The van der Waals surface area contributed by atoms with E-state index in [1.165, 1.54) is 12.8 Å². The first-order valence-electron chi connectivity index (χ1n) is 11.0. The summed E-state index contributed by atoms with van der Waals surface area (Å²) < 4.78 is 5.66. The van der Waals surface area contributed by atoms with E-state index in [1.807, 2.05) is 36.0 Å². The number of aliphatic hydroxyl groups is 1. The summed E-state index contributed by atoms with van der Waals surface area (Å²) in [4.78, 5) is 12.4. The van der Waals surface area contributed by atoms with Gasteiger partial charge in [0.05, 0.1) is 29.7 Å². The minimum Gasteiger partial charge on any atom is -0.399 e. The van der Waals surface area contributed by atoms with E-state index in [0.29, 0.717) is 6.61 Å². The van der Waals surface area contributed by atoms with Crippen molar-refractivity contribution < 1.29 is 9.84 Å². The smallest absolute Gasteiger partial charge is 0.161 e. The van der Waals surface area contributed by atoms with Crippen molar-refractivity contribution in [3.05, 3.63) is 36.0 Å². The third-order valence-corrected chi connectivity index (χ3v) is 7.77. The van der Waals surface area contributed by atoms with E-state index in [-0.39, 0.29) is 17.4 Å². The molecule has 2 fully saturated rings. The SMILES string of the molecule is CC1COCCN1c1cc(C2(SCCCO)CCCC2)nc(-c2ccc(N)cc2)n1. The van der Waals surface area contributed by atoms with Crippen molar-refractivity contribution in [2.45, 2.75) is 49.8 Å². The molecular weight excluding hydrogens is 396 g/mol. The van der Waals surface area contributed by atoms with Crippen LogP contribution in [0.15, 0.2) is 30.3 Å². The van der Waals surface area contributed by atoms with Crippen LogP contribution in [0.3, 0.4) is 0 Å². The number of aliphatic hydroxyl groups excluding tert-OH is 1. The van der Waals surface area contributed by atoms with E-state index >= 15 is 0 Å². The fraction of sp³-hybridized carbons (Fsp3) is 0.565. The van der Waals surface area contributed by atoms with E-state index in [9.17, 15) is 5.11 Å². The summed E-state index contributed by atoms with van der Waals surface area (Å²) in [5, 5.41) is 9.29. The Kier molecular flexibility index (Phi) is 6.80. The highest BCUT2D eigenvalue weighted by atomic mass is 32.2. The van der Waals surface area contributed by atoms with Crippen molar-refractivity contribution in [2.75, 3.05) is 42.8 Å². The lowest BCUT2D eigenvalue weighted by Gasteiger charge is -2.36. The van der Waals surface area contributed by atoms with Gasteiger partial charge in [-0.05, 0) is 56.2 Å². The standard InChI is InChI=1S/C23H32N4O2S/c1-17-16-29-13-11-27(17)21-15-20(23(9-2-3-10-23)30-14-4-12-28)25-22(26-21)18-5-7-19(24)8-6-18/h5-8,15,17,28H,2-4,9-14,16,24H2,1H3. The van der Waals surface area contributed by atoms with Crippen molar-refractivity contribution in [3.63, 3.8) is 0 Å². The van der Waals surface area contributed by atoms with Crippen LogP contribution in [0.1, 0.15) is 44.7 Å². The van der Waals surface area contributed by atoms with Crippen molar-refractivity contribution in [1.82, 2.24) is 9.97 Å². The first-order valence-corrected chi connectivity index (χ1v) is 11.9. The molecule has 2 aliphatic rings. The zero-order valence-electron chi connectivity index (χ0n) is 17.7. The Morgan fingerprint density at radius 1 is 1.23 bits per heavy atom. The molecule has 7 heteroatoms. The van der Waals surface area contributed by atoms with Crippen molar-refractivity contribution >= 4 is 23.3 Å². The van der Waals surface area contributed by atoms with E-state index in [0.717, 1.165) is 66.8 Å². The topological polar surface area (TPSA) is 84.5 Å². The number of ether oxygens (including phenoxy) is 1. The van der Waals surface area contributed by atoms with E-state index < -0.39 is 0 Å². The predicted molar refractivity (Wildman–Crippen MR) is 124 cm³/mol. The summed E-state index contributed by atoms with van der Waals surface area (Å²) >= 11 is 1.96. The van der Waals surface area contributed by atoms with Crippen LogP contribution in [0.2, 0.25) is 0 Å². The van der Waals surface area contributed by atoms with Gasteiger partial charge in [0.1, 0.15) is 5.82 Å². The number of anilines is 2. The van der Waals surface area contributed by atoms with Crippen LogP contribution in [0, 0.1) is 0 Å². The quantitative estimate of drug-likeness (QED) is 0.512. The van der Waals surface area contributed by atoms with Crippen LogP contribution in [-0.2, 0) is 9.48 Å². The number of hydrogen-bond acceptors (Lipinski definition) is 7. The molecule has 1 aromatic heterocycles. The van der Waals surface area contributed by atoms with E-state index in [4.69, 9.17) is 20.4 Å². The number of nitrogens with zero attached hydrogens (tertiary/aromatic N) is 3. The molecule has 1 aliphatic heterocycles. The minimum absolute atomic E-state index is 0.00490. The zero-order chi connectivity index (χ0) is 21.0. The lowest BCUT2D eigenvalue weighted by Crippen LogP contribution is -2.44. The Labute approximate surface area is 183 Å². The molecule has 1 saturated carbocycles. The second-order valence-corrected chi connectivity index (χ2v) is 9.78. The first kappa shape index (κ1) is 21.4. The Balaban J connectivity index is 1.77. The highest BCUT2D eigenvalue weighted by molar-refractivity contribution is 8.00. The van der Waals surface area contributed by atoms with Gasteiger partial charge < -0.3 is 20.5 Å². The third-order valence-electron chi connectivity index (χ3n) is 6.10. The number of rotatable bonds is 7. The van der Waals surface area contributed by atoms with Gasteiger partial charge in [-0.3, -0.25) is 0 Å². The van der Waals surface area contributed by atoms with Crippen LogP contribution >= 0.6 is 11.8 Å². The molecule has 2 heterocycles. The van der Waals surface area contributed by atoms with Gasteiger partial charge in [-0.2, -0.15) is 0 Å². The van der Waals surface area contributed by atoms with Gasteiger partial charge >= 0.3 is 0 Å². The minimum atomic E-state index is 0.00490. The lowest BCUT2D eigenvalue weighted by atomic mass is 10.0. The van der Waals surface area contributed by atoms with Crippen LogP contribution in [0.25, 0.3) is 11.4 Å². The molecule has 0 radical (unpaired) electrons. The molecule has 1 unspecified atom stereocenters. The number of thioether (sulfide) groups is 1. The van der Waals surface area contributed by atoms with Crippen LogP contribution < -0.4 is 10.6 Å². The van der Waals surface area contributed by atoms with Crippen molar-refractivity contribution in [3.8, 4) is 11.4 Å². The molecule has 3 N–H and O–H groups in total. The van der Waals surface area contributed by atoms with Gasteiger partial charge in [-0.1, -0.05) is 12.8 Å². The summed E-state index contributed by atoms with van der Waals surface area (Å²) in [6.45, 7) is 4.69. The summed E-state index contributed by atoms with van der Waals surface area (Å²) in [6, 6.07) is 10.3. The second kappa shape index (κ2) is 9.54. The zero-order valence-corrected chi connectivity index (χ0v) is 18.5. The normalized spacial score (nSPS) is 21.1. The van der Waals surface area contributed by atoms with Crippen molar-refractivity contribution in [1.29, 1.82) is 0 Å². The summed E-state index contributed by atoms with van der Waals surface area (Å²) in [6.07, 6.45) is 5.50. The van der Waals surface area contributed by atoms with Crippen LogP contribution in [0.5, 0.6) is 0 Å². The molecule has 0 spiro atoms. The van der Waals surface area contributed by atoms with Gasteiger partial charge in [-0.25, -0.2) is 9.97 Å². The van der Waals surface area contributed by atoms with Gasteiger partial charge in [0, 0.05) is 30.5 Å². The maximum atomic E-state index is 9.29. The Bertz CT molecular complexity index is 840. The maximum Gasteiger partial charge on any atom is 0.161 e. The Morgan fingerprint density at radius 3 is 2.70 bits per heavy atom. The largest absolute Gasteiger partial charge is 0.399 e. The van der Waals surface area contributed by atoms with Crippen LogP contribution in [-0.4, -0.2) is 53.2 Å². The first-order chi connectivity index (χ1) is 14.6. The van der Waals surface area contributed by atoms with Gasteiger partial charge in [0.15, 0.2) is 5.82 Å². The monoisotopic (exact) mass is 428 g/mol. The molecule has 1 atom stereocenters. The van der Waals surface area contributed by atoms with E-state index in [1.54, 1.807) is 0 Å². The molecule has 0 amide bonds. The molecule has 30 heavy (non-hydrogen) atoms. The number of hydrogen-bond donors (Lipinski definition) is 2. The van der Waals surface area contributed by atoms with Crippen molar-refractivity contribution in [2.24, 2.45) is 0 Å². The lowest BCUT2D eigenvalue weighted by molar-refractivity contribution is 0.0985.